The highest BCUT2D eigenvalue weighted by Crippen LogP contribution is 2.33. The summed E-state index contributed by atoms with van der Waals surface area (Å²) in [4.78, 5) is 5.48. The zero-order chi connectivity index (χ0) is 19.1. The van der Waals surface area contributed by atoms with Crippen molar-refractivity contribution in [2.45, 2.75) is 44.9 Å². The molecular formula is C17H20BrClFN5S. The van der Waals surface area contributed by atoms with Gasteiger partial charge < -0.3 is 11.1 Å². The molecule has 3 rings (SSSR count). The molecular weight excluding hydrogens is 441 g/mol. The number of aromatic nitrogens is 3. The summed E-state index contributed by atoms with van der Waals surface area (Å²) >= 11 is 11.3. The largest absolute Gasteiger partial charge is 0.363 e. The van der Waals surface area contributed by atoms with Crippen LogP contribution in [0.5, 0.6) is 0 Å². The fraction of sp³-hybridized carbons (Fsp3) is 0.412. The first-order valence-electron chi connectivity index (χ1n) is 8.06. The van der Waals surface area contributed by atoms with Crippen molar-refractivity contribution in [2.75, 3.05) is 5.32 Å². The first-order chi connectivity index (χ1) is 12.1. The summed E-state index contributed by atoms with van der Waals surface area (Å²) < 4.78 is 16.8. The third-order valence-electron chi connectivity index (χ3n) is 4.55. The minimum Gasteiger partial charge on any atom is -0.363 e. The van der Waals surface area contributed by atoms with E-state index in [9.17, 15) is 4.39 Å². The van der Waals surface area contributed by atoms with Crippen molar-refractivity contribution in [1.29, 1.82) is 0 Å². The van der Waals surface area contributed by atoms with Crippen LogP contribution in [-0.4, -0.2) is 25.8 Å². The van der Waals surface area contributed by atoms with E-state index in [1.54, 1.807) is 22.8 Å². The average molecular weight is 461 g/mol. The van der Waals surface area contributed by atoms with Gasteiger partial charge in [0, 0.05) is 4.88 Å². The number of nitrogens with one attached hydrogen (secondary N) is 1. The van der Waals surface area contributed by atoms with Crippen molar-refractivity contribution >= 4 is 50.2 Å². The fourth-order valence-corrected chi connectivity index (χ4v) is 3.82. The summed E-state index contributed by atoms with van der Waals surface area (Å²) in [5, 5.41) is 9.68. The summed E-state index contributed by atoms with van der Waals surface area (Å²) in [7, 11) is 0. The van der Waals surface area contributed by atoms with Gasteiger partial charge in [-0.25, -0.2) is 8.91 Å². The summed E-state index contributed by atoms with van der Waals surface area (Å²) in [5.41, 5.74) is 5.24. The van der Waals surface area contributed by atoms with Crippen molar-refractivity contribution in [1.82, 2.24) is 14.6 Å². The van der Waals surface area contributed by atoms with Crippen LogP contribution in [0.4, 0.5) is 10.2 Å². The Morgan fingerprint density at radius 2 is 2.15 bits per heavy atom. The molecule has 1 unspecified atom stereocenters. The van der Waals surface area contributed by atoms with Crippen molar-refractivity contribution in [2.24, 2.45) is 5.73 Å². The zero-order valence-electron chi connectivity index (χ0n) is 14.7. The van der Waals surface area contributed by atoms with E-state index in [2.05, 4.69) is 31.3 Å². The molecule has 0 saturated heterocycles. The van der Waals surface area contributed by atoms with Crippen LogP contribution in [0.2, 0.25) is 5.28 Å². The van der Waals surface area contributed by atoms with E-state index in [1.165, 1.54) is 18.7 Å². The van der Waals surface area contributed by atoms with Gasteiger partial charge >= 0.3 is 0 Å². The molecule has 0 aliphatic heterocycles. The fourth-order valence-electron chi connectivity index (χ4n) is 2.49. The lowest BCUT2D eigenvalue weighted by Crippen LogP contribution is -2.54. The molecule has 0 aliphatic rings. The van der Waals surface area contributed by atoms with E-state index < -0.39 is 11.2 Å². The second kappa shape index (κ2) is 7.07. The number of fused-ring (bicyclic) bond motifs is 1. The lowest BCUT2D eigenvalue weighted by atomic mass is 9.82. The van der Waals surface area contributed by atoms with Crippen LogP contribution in [0.1, 0.15) is 31.2 Å². The van der Waals surface area contributed by atoms with Crippen molar-refractivity contribution in [3.05, 3.63) is 43.9 Å². The summed E-state index contributed by atoms with van der Waals surface area (Å²) in [6, 6.07) is 5.95. The molecule has 9 heteroatoms. The Bertz CT molecular complexity index is 918. The van der Waals surface area contributed by atoms with Crippen LogP contribution in [0.3, 0.4) is 0 Å². The molecule has 0 amide bonds. The molecule has 140 valence electrons. The highest BCUT2D eigenvalue weighted by Gasteiger charge is 2.38. The molecule has 3 heterocycles. The molecule has 0 aromatic carbocycles. The van der Waals surface area contributed by atoms with Gasteiger partial charge in [-0.15, -0.1) is 16.4 Å². The summed E-state index contributed by atoms with van der Waals surface area (Å²) in [5.74, 6) is 0.614. The lowest BCUT2D eigenvalue weighted by molar-refractivity contribution is 0.106. The van der Waals surface area contributed by atoms with Gasteiger partial charge in [0.15, 0.2) is 5.82 Å². The van der Waals surface area contributed by atoms with E-state index in [1.807, 2.05) is 23.6 Å². The van der Waals surface area contributed by atoms with Gasteiger partial charge in [-0.2, -0.15) is 4.98 Å². The molecule has 0 radical (unpaired) electrons. The van der Waals surface area contributed by atoms with Crippen molar-refractivity contribution in [3.63, 3.8) is 0 Å². The normalized spacial score (nSPS) is 14.6. The summed E-state index contributed by atoms with van der Waals surface area (Å²) in [6.45, 7) is 5.31. The van der Waals surface area contributed by atoms with E-state index in [4.69, 9.17) is 17.3 Å². The molecule has 0 spiro atoms. The minimum absolute atomic E-state index is 0.121. The molecule has 1 atom stereocenters. The lowest BCUT2D eigenvalue weighted by Gasteiger charge is -2.34. The van der Waals surface area contributed by atoms with E-state index in [-0.39, 0.29) is 5.28 Å². The molecule has 3 aromatic rings. The Balaban J connectivity index is 1.97. The van der Waals surface area contributed by atoms with Crippen LogP contribution in [-0.2, 0) is 13.0 Å². The Labute approximate surface area is 168 Å². The maximum absolute atomic E-state index is 14.5. The van der Waals surface area contributed by atoms with Gasteiger partial charge in [-0.1, -0.05) is 6.07 Å². The highest BCUT2D eigenvalue weighted by atomic mass is 79.9. The number of nitrogens with zero attached hydrogens (tertiary/aromatic N) is 3. The predicted molar refractivity (Wildman–Crippen MR) is 109 cm³/mol. The number of nitrogens with two attached hydrogens (primary N) is 1. The quantitative estimate of drug-likeness (QED) is 0.553. The predicted octanol–water partition coefficient (Wildman–Crippen LogP) is 4.83. The van der Waals surface area contributed by atoms with Gasteiger partial charge in [0.1, 0.15) is 15.8 Å². The molecule has 26 heavy (non-hydrogen) atoms. The first kappa shape index (κ1) is 19.5. The topological polar surface area (TPSA) is 68.2 Å². The standard InChI is InChI=1S/C17H20BrClFN5S/c1-16(2,20)17(3,21)8-10-7-12-14(22-9-11-5-4-6-26-11)23-15(19)24-25(12)13(10)18/h4-7H,8-9,21H2,1-3H3,(H,22,23,24). The van der Waals surface area contributed by atoms with E-state index in [0.29, 0.717) is 23.4 Å². The Morgan fingerprint density at radius 3 is 2.77 bits per heavy atom. The maximum Gasteiger partial charge on any atom is 0.243 e. The second-order valence-corrected chi connectivity index (χ2v) is 9.11. The molecule has 3 N–H and O–H groups in total. The second-order valence-electron chi connectivity index (χ2n) is 6.99. The van der Waals surface area contributed by atoms with E-state index >= 15 is 0 Å². The van der Waals surface area contributed by atoms with Crippen LogP contribution in [0, 0.1) is 0 Å². The van der Waals surface area contributed by atoms with Gasteiger partial charge in [-0.3, -0.25) is 0 Å². The molecule has 0 fully saturated rings. The molecule has 3 aromatic heterocycles. The van der Waals surface area contributed by atoms with Gasteiger partial charge in [0.25, 0.3) is 0 Å². The number of halogens is 3. The summed E-state index contributed by atoms with van der Waals surface area (Å²) in [6.07, 6.45) is 0.336. The molecule has 5 nitrogen and oxygen atoms in total. The smallest absolute Gasteiger partial charge is 0.243 e. The van der Waals surface area contributed by atoms with Crippen LogP contribution < -0.4 is 11.1 Å². The third kappa shape index (κ3) is 3.88. The Kier molecular flexibility index (Phi) is 5.31. The number of rotatable bonds is 6. The Hall–Kier alpha value is -1.22. The number of hydrogen-bond donors (Lipinski definition) is 2. The average Bonchev–Trinajstić information content (AvgIpc) is 3.14. The zero-order valence-corrected chi connectivity index (χ0v) is 17.8. The van der Waals surface area contributed by atoms with E-state index in [0.717, 1.165) is 11.1 Å². The van der Waals surface area contributed by atoms with Crippen molar-refractivity contribution < 1.29 is 4.39 Å². The van der Waals surface area contributed by atoms with Gasteiger partial charge in [-0.05, 0) is 77.8 Å². The Morgan fingerprint density at radius 1 is 1.42 bits per heavy atom. The monoisotopic (exact) mass is 459 g/mol. The number of anilines is 1. The highest BCUT2D eigenvalue weighted by molar-refractivity contribution is 9.10. The van der Waals surface area contributed by atoms with Gasteiger partial charge in [0.2, 0.25) is 5.28 Å². The number of hydrogen-bond acceptors (Lipinski definition) is 5. The number of alkyl halides is 1. The van der Waals surface area contributed by atoms with Crippen LogP contribution >= 0.6 is 38.9 Å². The molecule has 0 aliphatic carbocycles. The number of thiophene rings is 1. The van der Waals surface area contributed by atoms with Crippen LogP contribution in [0.15, 0.2) is 28.2 Å². The van der Waals surface area contributed by atoms with Gasteiger partial charge in [0.05, 0.1) is 12.1 Å². The van der Waals surface area contributed by atoms with Crippen LogP contribution in [0.25, 0.3) is 5.52 Å². The first-order valence-corrected chi connectivity index (χ1v) is 10.1. The van der Waals surface area contributed by atoms with Crippen molar-refractivity contribution in [3.8, 4) is 0 Å². The third-order valence-corrected chi connectivity index (χ3v) is 6.43. The molecule has 0 bridgehead atoms. The molecule has 0 saturated carbocycles. The minimum atomic E-state index is -1.54. The SMILES string of the molecule is CC(C)(F)C(C)(N)Cc1cc2c(NCc3cccs3)nc(Cl)nn2c1Br. The maximum atomic E-state index is 14.5.